The highest BCUT2D eigenvalue weighted by molar-refractivity contribution is 7.11. The number of hydrogen-bond donors (Lipinski definition) is 2. The fraction of sp³-hybridized carbons (Fsp3) is 0.765. The van der Waals surface area contributed by atoms with E-state index in [0.717, 1.165) is 29.3 Å². The van der Waals surface area contributed by atoms with Gasteiger partial charge >= 0.3 is 0 Å². The van der Waals surface area contributed by atoms with Gasteiger partial charge in [-0.2, -0.15) is 0 Å². The number of methoxy groups -OCH3 is 1. The molecule has 0 radical (unpaired) electrons. The van der Waals surface area contributed by atoms with Crippen molar-refractivity contribution in [3.8, 4) is 0 Å². The van der Waals surface area contributed by atoms with Crippen LogP contribution in [0.1, 0.15) is 49.0 Å². The molecule has 1 aliphatic carbocycles. The standard InChI is InChI=1S/C17H28N4O3S/c1-4-5-15(22)19-13-7-6-12(10-14(13)24-3)17(23)18-9-8-16-21-20-11(2)25-16/h12-14H,4-10H2,1-3H3,(H,18,23)(H,19,22)/t12-,13-,14-/m0/s1. The fourth-order valence-electron chi connectivity index (χ4n) is 3.17. The van der Waals surface area contributed by atoms with Crippen molar-refractivity contribution >= 4 is 23.2 Å². The second kappa shape index (κ2) is 9.82. The molecule has 7 nitrogen and oxygen atoms in total. The summed E-state index contributed by atoms with van der Waals surface area (Å²) in [6, 6.07) is -0.00234. The summed E-state index contributed by atoms with van der Waals surface area (Å²) in [4.78, 5) is 24.2. The molecule has 0 aliphatic heterocycles. The Morgan fingerprint density at radius 1 is 1.32 bits per heavy atom. The van der Waals surface area contributed by atoms with E-state index in [1.807, 2.05) is 13.8 Å². The van der Waals surface area contributed by atoms with Crippen LogP contribution < -0.4 is 10.6 Å². The van der Waals surface area contributed by atoms with Gasteiger partial charge in [-0.25, -0.2) is 0 Å². The molecule has 140 valence electrons. The van der Waals surface area contributed by atoms with Crippen molar-refractivity contribution in [3.63, 3.8) is 0 Å². The molecule has 1 fully saturated rings. The number of nitrogens with zero attached hydrogens (tertiary/aromatic N) is 2. The highest BCUT2D eigenvalue weighted by atomic mass is 32.1. The van der Waals surface area contributed by atoms with Crippen LogP contribution in [0.5, 0.6) is 0 Å². The van der Waals surface area contributed by atoms with Crippen LogP contribution in [0.3, 0.4) is 0 Å². The molecule has 0 spiro atoms. The molecule has 2 amide bonds. The maximum absolute atomic E-state index is 12.4. The van der Waals surface area contributed by atoms with Crippen molar-refractivity contribution in [3.05, 3.63) is 10.0 Å². The largest absolute Gasteiger partial charge is 0.379 e. The molecule has 8 heteroatoms. The number of ether oxygens (including phenoxy) is 1. The highest BCUT2D eigenvalue weighted by Crippen LogP contribution is 2.27. The zero-order valence-corrected chi connectivity index (χ0v) is 16.0. The summed E-state index contributed by atoms with van der Waals surface area (Å²) in [6.45, 7) is 4.47. The Kier molecular flexibility index (Phi) is 7.77. The maximum Gasteiger partial charge on any atom is 0.223 e. The van der Waals surface area contributed by atoms with E-state index in [0.29, 0.717) is 25.8 Å². The van der Waals surface area contributed by atoms with E-state index in [2.05, 4.69) is 20.8 Å². The number of nitrogens with one attached hydrogen (secondary N) is 2. The molecule has 0 unspecified atom stereocenters. The van der Waals surface area contributed by atoms with Crippen LogP contribution >= 0.6 is 11.3 Å². The summed E-state index contributed by atoms with van der Waals surface area (Å²) in [7, 11) is 1.64. The lowest BCUT2D eigenvalue weighted by molar-refractivity contribution is -0.128. The third-order valence-electron chi connectivity index (χ3n) is 4.49. The van der Waals surface area contributed by atoms with Crippen molar-refractivity contribution in [2.45, 2.75) is 64.5 Å². The number of rotatable bonds is 8. The first-order valence-corrected chi connectivity index (χ1v) is 9.74. The van der Waals surface area contributed by atoms with Crippen LogP contribution in [0.25, 0.3) is 0 Å². The van der Waals surface area contributed by atoms with Gasteiger partial charge in [0.25, 0.3) is 0 Å². The molecule has 3 atom stereocenters. The Bertz CT molecular complexity index is 578. The van der Waals surface area contributed by atoms with E-state index in [1.54, 1.807) is 18.4 Å². The van der Waals surface area contributed by atoms with Crippen molar-refractivity contribution < 1.29 is 14.3 Å². The van der Waals surface area contributed by atoms with Crippen molar-refractivity contribution in [2.24, 2.45) is 5.92 Å². The third-order valence-corrected chi connectivity index (χ3v) is 5.39. The second-order valence-corrected chi connectivity index (χ2v) is 7.73. The summed E-state index contributed by atoms with van der Waals surface area (Å²) in [6.07, 6.45) is 4.11. The number of carbonyl (C=O) groups is 2. The molecule has 0 aromatic carbocycles. The molecule has 0 saturated heterocycles. The number of aryl methyl sites for hydroxylation is 1. The molecule has 0 bridgehead atoms. The van der Waals surface area contributed by atoms with Crippen LogP contribution in [-0.2, 0) is 20.7 Å². The Morgan fingerprint density at radius 2 is 2.12 bits per heavy atom. The molecule has 2 rings (SSSR count). The van der Waals surface area contributed by atoms with E-state index in [1.165, 1.54) is 0 Å². The van der Waals surface area contributed by atoms with Gasteiger partial charge in [0.1, 0.15) is 10.0 Å². The zero-order chi connectivity index (χ0) is 18.2. The van der Waals surface area contributed by atoms with E-state index < -0.39 is 0 Å². The molecule has 1 saturated carbocycles. The molecule has 1 aliphatic rings. The minimum Gasteiger partial charge on any atom is -0.379 e. The normalized spacial score (nSPS) is 23.2. The summed E-state index contributed by atoms with van der Waals surface area (Å²) in [5, 5.41) is 15.9. The van der Waals surface area contributed by atoms with Gasteiger partial charge in [0.15, 0.2) is 0 Å². The van der Waals surface area contributed by atoms with Gasteiger partial charge < -0.3 is 15.4 Å². The summed E-state index contributed by atoms with van der Waals surface area (Å²) in [5.41, 5.74) is 0. The number of hydrogen-bond acceptors (Lipinski definition) is 6. The summed E-state index contributed by atoms with van der Waals surface area (Å²) < 4.78 is 5.53. The minimum atomic E-state index is -0.115. The Balaban J connectivity index is 1.77. The topological polar surface area (TPSA) is 93.2 Å². The monoisotopic (exact) mass is 368 g/mol. The van der Waals surface area contributed by atoms with E-state index in [4.69, 9.17) is 4.74 Å². The second-order valence-electron chi connectivity index (χ2n) is 6.46. The van der Waals surface area contributed by atoms with Gasteiger partial charge in [0, 0.05) is 32.4 Å². The van der Waals surface area contributed by atoms with Crippen molar-refractivity contribution in [2.75, 3.05) is 13.7 Å². The average molecular weight is 369 g/mol. The van der Waals surface area contributed by atoms with E-state index in [9.17, 15) is 9.59 Å². The third kappa shape index (κ3) is 6.04. The zero-order valence-electron chi connectivity index (χ0n) is 15.2. The Labute approximate surface area is 152 Å². The van der Waals surface area contributed by atoms with Crippen molar-refractivity contribution in [1.82, 2.24) is 20.8 Å². The first-order valence-electron chi connectivity index (χ1n) is 8.92. The van der Waals surface area contributed by atoms with Crippen LogP contribution in [0.15, 0.2) is 0 Å². The predicted molar refractivity (Wildman–Crippen MR) is 96.3 cm³/mol. The molecular weight excluding hydrogens is 340 g/mol. The van der Waals surface area contributed by atoms with Crippen molar-refractivity contribution in [1.29, 1.82) is 0 Å². The molecule has 2 N–H and O–H groups in total. The van der Waals surface area contributed by atoms with Crippen LogP contribution in [0, 0.1) is 12.8 Å². The molecule has 25 heavy (non-hydrogen) atoms. The lowest BCUT2D eigenvalue weighted by atomic mass is 9.83. The Hall–Kier alpha value is -1.54. The summed E-state index contributed by atoms with van der Waals surface area (Å²) in [5.74, 6) is 0.0480. The lowest BCUT2D eigenvalue weighted by Gasteiger charge is -2.35. The fourth-order valence-corrected chi connectivity index (χ4v) is 3.88. The van der Waals surface area contributed by atoms with Gasteiger partial charge in [-0.1, -0.05) is 6.92 Å². The van der Waals surface area contributed by atoms with Gasteiger partial charge in [0.05, 0.1) is 12.1 Å². The molecule has 1 aromatic rings. The minimum absolute atomic E-state index is 0.00234. The number of carbonyl (C=O) groups excluding carboxylic acids is 2. The summed E-state index contributed by atoms with van der Waals surface area (Å²) >= 11 is 1.56. The van der Waals surface area contributed by atoms with Gasteiger partial charge in [-0.15, -0.1) is 21.5 Å². The quantitative estimate of drug-likeness (QED) is 0.727. The van der Waals surface area contributed by atoms with E-state index in [-0.39, 0.29) is 29.9 Å². The Morgan fingerprint density at radius 3 is 2.76 bits per heavy atom. The van der Waals surface area contributed by atoms with Crippen LogP contribution in [0.4, 0.5) is 0 Å². The molecule has 1 aromatic heterocycles. The number of aromatic nitrogens is 2. The molecular formula is C17H28N4O3S. The number of amides is 2. The first-order chi connectivity index (χ1) is 12.0. The average Bonchev–Trinajstić information content (AvgIpc) is 3.00. The lowest BCUT2D eigenvalue weighted by Crippen LogP contribution is -2.49. The molecule has 1 heterocycles. The van der Waals surface area contributed by atoms with E-state index >= 15 is 0 Å². The van der Waals surface area contributed by atoms with Gasteiger partial charge in [0.2, 0.25) is 11.8 Å². The maximum atomic E-state index is 12.4. The van der Waals surface area contributed by atoms with Gasteiger partial charge in [-0.05, 0) is 32.6 Å². The SMILES string of the molecule is CCCC(=O)N[C@H]1CC[C@H](C(=O)NCCc2nnc(C)s2)C[C@@H]1OC. The highest BCUT2D eigenvalue weighted by Gasteiger charge is 2.34. The first kappa shape index (κ1) is 19.8. The van der Waals surface area contributed by atoms with Gasteiger partial charge in [-0.3, -0.25) is 9.59 Å². The van der Waals surface area contributed by atoms with Crippen LogP contribution in [0.2, 0.25) is 0 Å². The van der Waals surface area contributed by atoms with Crippen LogP contribution in [-0.4, -0.2) is 47.8 Å². The predicted octanol–water partition coefficient (Wildman–Crippen LogP) is 1.61. The smallest absolute Gasteiger partial charge is 0.223 e.